The lowest BCUT2D eigenvalue weighted by atomic mass is 9.85. The van der Waals surface area contributed by atoms with Crippen molar-refractivity contribution in [3.05, 3.63) is 70.8 Å². The van der Waals surface area contributed by atoms with Gasteiger partial charge in [0.2, 0.25) is 0 Å². The van der Waals surface area contributed by atoms with Crippen molar-refractivity contribution < 1.29 is 0 Å². The van der Waals surface area contributed by atoms with Crippen LogP contribution in [0.3, 0.4) is 0 Å². The average molecular weight is 311 g/mol. The van der Waals surface area contributed by atoms with E-state index in [9.17, 15) is 0 Å². The molecule has 0 spiro atoms. The average Bonchev–Trinajstić information content (AvgIpc) is 2.45. The molecule has 0 amide bonds. The molecule has 0 saturated carbocycles. The summed E-state index contributed by atoms with van der Waals surface area (Å²) >= 11 is 5.66. The van der Waals surface area contributed by atoms with Gasteiger partial charge >= 0.3 is 0 Å². The van der Waals surface area contributed by atoms with Gasteiger partial charge in [0.25, 0.3) is 0 Å². The highest BCUT2D eigenvalue weighted by molar-refractivity contribution is 7.81. The van der Waals surface area contributed by atoms with Gasteiger partial charge in [-0.2, -0.15) is 0 Å². The number of thiocarbonyl (C=S) groups is 1. The normalized spacial score (nSPS) is 12.3. The number of benzene rings is 2. The first-order chi connectivity index (χ1) is 10.1. The summed E-state index contributed by atoms with van der Waals surface area (Å²) < 4.78 is 0. The first-order valence-electron chi connectivity index (χ1n) is 7.85. The minimum atomic E-state index is 0.175. The third-order valence-corrected chi connectivity index (χ3v) is 4.50. The van der Waals surface area contributed by atoms with Gasteiger partial charge in [-0.3, -0.25) is 0 Å². The summed E-state index contributed by atoms with van der Waals surface area (Å²) in [6, 6.07) is 17.3. The fourth-order valence-electron chi connectivity index (χ4n) is 2.41. The molecule has 2 aromatic carbocycles. The van der Waals surface area contributed by atoms with Crippen LogP contribution in [0.1, 0.15) is 63.8 Å². The molecule has 116 valence electrons. The third kappa shape index (κ3) is 3.84. The molecule has 2 rings (SSSR count). The molecule has 0 fully saturated rings. The van der Waals surface area contributed by atoms with Crippen LogP contribution in [0.15, 0.2) is 48.5 Å². The van der Waals surface area contributed by atoms with E-state index in [0.29, 0.717) is 0 Å². The summed E-state index contributed by atoms with van der Waals surface area (Å²) in [6.45, 7) is 13.4. The fraction of sp³-hybridized carbons (Fsp3) is 0.381. The molecule has 0 heterocycles. The SMILES string of the molecule is CC(C)(C)c1ccc(C(=S)c2ccc(C(C)(C)C)cc2)cc1. The molecule has 1 heteroatoms. The highest BCUT2D eigenvalue weighted by Gasteiger charge is 2.15. The van der Waals surface area contributed by atoms with Crippen LogP contribution in [0.2, 0.25) is 0 Å². The van der Waals surface area contributed by atoms with E-state index >= 15 is 0 Å². The van der Waals surface area contributed by atoms with Gasteiger partial charge in [0, 0.05) is 0 Å². The monoisotopic (exact) mass is 310 g/mol. The lowest BCUT2D eigenvalue weighted by Gasteiger charge is -2.20. The Kier molecular flexibility index (Phi) is 4.58. The van der Waals surface area contributed by atoms with Gasteiger partial charge in [-0.25, -0.2) is 0 Å². The molecule has 0 atom stereocenters. The maximum Gasteiger partial charge on any atom is 0.0521 e. The maximum absolute atomic E-state index is 5.66. The Hall–Kier alpha value is -1.47. The quantitative estimate of drug-likeness (QED) is 0.481. The zero-order valence-corrected chi connectivity index (χ0v) is 15.3. The largest absolute Gasteiger partial charge is 0.0788 e. The molecular formula is C21H26S. The third-order valence-electron chi connectivity index (χ3n) is 4.03. The Bertz CT molecular complexity index is 588. The van der Waals surface area contributed by atoms with Gasteiger partial charge < -0.3 is 0 Å². The molecule has 0 aliphatic rings. The first kappa shape index (κ1) is 16.9. The van der Waals surface area contributed by atoms with Crippen LogP contribution >= 0.6 is 12.2 Å². The Balaban J connectivity index is 2.25. The van der Waals surface area contributed by atoms with Crippen molar-refractivity contribution in [2.75, 3.05) is 0 Å². The summed E-state index contributed by atoms with van der Waals surface area (Å²) in [6.07, 6.45) is 0. The van der Waals surface area contributed by atoms with E-state index in [0.717, 1.165) is 16.0 Å². The maximum atomic E-state index is 5.66. The van der Waals surface area contributed by atoms with Crippen molar-refractivity contribution in [1.82, 2.24) is 0 Å². The van der Waals surface area contributed by atoms with Gasteiger partial charge in [0.1, 0.15) is 0 Å². The number of rotatable bonds is 2. The minimum absolute atomic E-state index is 0.175. The molecular weight excluding hydrogens is 284 g/mol. The minimum Gasteiger partial charge on any atom is -0.0788 e. The Morgan fingerprint density at radius 1 is 0.591 bits per heavy atom. The lowest BCUT2D eigenvalue weighted by molar-refractivity contribution is 0.590. The fourth-order valence-corrected chi connectivity index (χ4v) is 2.68. The number of hydrogen-bond donors (Lipinski definition) is 0. The van der Waals surface area contributed by atoms with E-state index in [2.05, 4.69) is 90.1 Å². The van der Waals surface area contributed by atoms with Crippen molar-refractivity contribution in [2.24, 2.45) is 0 Å². The van der Waals surface area contributed by atoms with Gasteiger partial charge in [-0.05, 0) is 33.1 Å². The standard InChI is InChI=1S/C21H26S/c1-20(2,3)17-11-7-15(8-12-17)19(22)16-9-13-18(14-10-16)21(4,5)6/h7-14H,1-6H3. The van der Waals surface area contributed by atoms with Crippen LogP contribution in [0, 0.1) is 0 Å². The van der Waals surface area contributed by atoms with Crippen LogP contribution in [0.25, 0.3) is 0 Å². The Morgan fingerprint density at radius 2 is 0.864 bits per heavy atom. The molecule has 0 N–H and O–H groups in total. The predicted octanol–water partition coefficient (Wildman–Crippen LogP) is 6.05. The van der Waals surface area contributed by atoms with E-state index in [4.69, 9.17) is 12.2 Å². The van der Waals surface area contributed by atoms with Crippen molar-refractivity contribution in [1.29, 1.82) is 0 Å². The molecule has 0 radical (unpaired) electrons. The van der Waals surface area contributed by atoms with Gasteiger partial charge in [0.15, 0.2) is 0 Å². The summed E-state index contributed by atoms with van der Waals surface area (Å²) in [7, 11) is 0. The van der Waals surface area contributed by atoms with Gasteiger partial charge in [0.05, 0.1) is 4.86 Å². The highest BCUT2D eigenvalue weighted by Crippen LogP contribution is 2.25. The Labute approximate surface area is 140 Å². The second kappa shape index (κ2) is 5.96. The Morgan fingerprint density at radius 3 is 1.09 bits per heavy atom. The van der Waals surface area contributed by atoms with E-state index in [-0.39, 0.29) is 10.8 Å². The lowest BCUT2D eigenvalue weighted by Crippen LogP contribution is -2.12. The summed E-state index contributed by atoms with van der Waals surface area (Å²) in [5, 5.41) is 0. The van der Waals surface area contributed by atoms with E-state index in [1.54, 1.807) is 0 Å². The van der Waals surface area contributed by atoms with Crippen LogP contribution < -0.4 is 0 Å². The molecule has 22 heavy (non-hydrogen) atoms. The summed E-state index contributed by atoms with van der Waals surface area (Å²) in [4.78, 5) is 0.918. The summed E-state index contributed by atoms with van der Waals surface area (Å²) in [5.41, 5.74) is 5.26. The molecule has 0 unspecified atom stereocenters. The van der Waals surface area contributed by atoms with Crippen molar-refractivity contribution in [3.8, 4) is 0 Å². The van der Waals surface area contributed by atoms with Gasteiger partial charge in [-0.15, -0.1) is 0 Å². The van der Waals surface area contributed by atoms with Gasteiger partial charge in [-0.1, -0.05) is 102 Å². The van der Waals surface area contributed by atoms with Crippen molar-refractivity contribution in [2.45, 2.75) is 52.4 Å². The second-order valence-electron chi connectivity index (χ2n) is 7.98. The second-order valence-corrected chi connectivity index (χ2v) is 8.39. The molecule has 0 bridgehead atoms. The predicted molar refractivity (Wildman–Crippen MR) is 101 cm³/mol. The molecule has 0 aliphatic carbocycles. The summed E-state index contributed by atoms with van der Waals surface area (Å²) in [5.74, 6) is 0. The zero-order chi connectivity index (χ0) is 16.5. The van der Waals surface area contributed by atoms with Crippen LogP contribution in [-0.4, -0.2) is 4.86 Å². The number of hydrogen-bond acceptors (Lipinski definition) is 1. The highest BCUT2D eigenvalue weighted by atomic mass is 32.1. The zero-order valence-electron chi connectivity index (χ0n) is 14.5. The molecule has 2 aromatic rings. The van der Waals surface area contributed by atoms with E-state index < -0.39 is 0 Å². The molecule has 0 aromatic heterocycles. The topological polar surface area (TPSA) is 0 Å². The van der Waals surface area contributed by atoms with Crippen molar-refractivity contribution in [3.63, 3.8) is 0 Å². The van der Waals surface area contributed by atoms with E-state index in [1.165, 1.54) is 11.1 Å². The van der Waals surface area contributed by atoms with Crippen LogP contribution in [0.5, 0.6) is 0 Å². The smallest absolute Gasteiger partial charge is 0.0521 e. The van der Waals surface area contributed by atoms with E-state index in [1.807, 2.05) is 0 Å². The van der Waals surface area contributed by atoms with Crippen molar-refractivity contribution >= 4 is 17.1 Å². The van der Waals surface area contributed by atoms with Crippen LogP contribution in [0.4, 0.5) is 0 Å². The molecule has 0 saturated heterocycles. The molecule has 0 nitrogen and oxygen atoms in total. The van der Waals surface area contributed by atoms with Crippen LogP contribution in [-0.2, 0) is 10.8 Å². The first-order valence-corrected chi connectivity index (χ1v) is 8.26. The molecule has 0 aliphatic heterocycles.